The van der Waals surface area contributed by atoms with E-state index in [0.29, 0.717) is 12.1 Å². The highest BCUT2D eigenvalue weighted by molar-refractivity contribution is 6.30. The van der Waals surface area contributed by atoms with Gasteiger partial charge in [-0.15, -0.1) is 0 Å². The van der Waals surface area contributed by atoms with Crippen LogP contribution in [-0.4, -0.2) is 12.3 Å². The molecule has 0 aromatic heterocycles. The molecule has 14 heavy (non-hydrogen) atoms. The summed E-state index contributed by atoms with van der Waals surface area (Å²) in [6.07, 6.45) is 0. The third kappa shape index (κ3) is 3.09. The second kappa shape index (κ2) is 5.08. The molecule has 0 radical (unpaired) electrons. The minimum Gasteiger partial charge on any atom is -0.306 e. The maximum Gasteiger partial charge on any atom is 0.146 e. The van der Waals surface area contributed by atoms with Crippen LogP contribution >= 0.6 is 11.6 Å². The molecule has 1 aromatic rings. The van der Waals surface area contributed by atoms with Crippen LogP contribution in [0.2, 0.25) is 5.02 Å². The topological polar surface area (TPSA) is 29.1 Å². The molecule has 0 heterocycles. The van der Waals surface area contributed by atoms with Crippen LogP contribution in [0.25, 0.3) is 0 Å². The van der Waals surface area contributed by atoms with E-state index in [1.165, 1.54) is 13.0 Å². The fourth-order valence-corrected chi connectivity index (χ4v) is 1.25. The van der Waals surface area contributed by atoms with Gasteiger partial charge in [0.2, 0.25) is 0 Å². The minimum atomic E-state index is -0.426. The van der Waals surface area contributed by atoms with Crippen molar-refractivity contribution in [3.63, 3.8) is 0 Å². The monoisotopic (exact) mass is 215 g/mol. The SMILES string of the molecule is CC(=O)CNCc1cccc(Cl)c1F. The van der Waals surface area contributed by atoms with Crippen LogP contribution in [0.5, 0.6) is 0 Å². The van der Waals surface area contributed by atoms with E-state index in [9.17, 15) is 9.18 Å². The summed E-state index contributed by atoms with van der Waals surface area (Å²) in [5, 5.41) is 2.92. The van der Waals surface area contributed by atoms with Crippen molar-refractivity contribution in [1.82, 2.24) is 5.32 Å². The number of carbonyl (C=O) groups excluding carboxylic acids is 1. The molecule has 2 nitrogen and oxygen atoms in total. The molecule has 0 aliphatic carbocycles. The van der Waals surface area contributed by atoms with E-state index < -0.39 is 5.82 Å². The molecule has 0 unspecified atom stereocenters. The first-order valence-corrected chi connectivity index (χ1v) is 4.62. The van der Waals surface area contributed by atoms with Crippen LogP contribution in [0.4, 0.5) is 4.39 Å². The third-order valence-corrected chi connectivity index (χ3v) is 2.01. The van der Waals surface area contributed by atoms with Crippen molar-refractivity contribution < 1.29 is 9.18 Å². The van der Waals surface area contributed by atoms with Gasteiger partial charge in [-0.2, -0.15) is 0 Å². The van der Waals surface area contributed by atoms with Crippen molar-refractivity contribution in [2.24, 2.45) is 0 Å². The Morgan fingerprint density at radius 1 is 1.57 bits per heavy atom. The van der Waals surface area contributed by atoms with E-state index in [1.807, 2.05) is 0 Å². The summed E-state index contributed by atoms with van der Waals surface area (Å²) in [7, 11) is 0. The number of hydrogen-bond donors (Lipinski definition) is 1. The molecule has 0 bridgehead atoms. The van der Waals surface area contributed by atoms with Gasteiger partial charge >= 0.3 is 0 Å². The van der Waals surface area contributed by atoms with Gasteiger partial charge in [-0.05, 0) is 13.0 Å². The molecule has 1 aromatic carbocycles. The lowest BCUT2D eigenvalue weighted by molar-refractivity contribution is -0.116. The molecule has 0 aliphatic rings. The highest BCUT2D eigenvalue weighted by Gasteiger charge is 2.05. The standard InChI is InChI=1S/C10H11ClFNO/c1-7(14)5-13-6-8-3-2-4-9(11)10(8)12/h2-4,13H,5-6H2,1H3. The van der Waals surface area contributed by atoms with Crippen molar-refractivity contribution in [3.05, 3.63) is 34.6 Å². The zero-order valence-electron chi connectivity index (χ0n) is 7.81. The number of halogens is 2. The molecule has 0 saturated carbocycles. The Kier molecular flexibility index (Phi) is 4.04. The highest BCUT2D eigenvalue weighted by atomic mass is 35.5. The van der Waals surface area contributed by atoms with Gasteiger partial charge in [-0.25, -0.2) is 4.39 Å². The van der Waals surface area contributed by atoms with Gasteiger partial charge in [0.05, 0.1) is 11.6 Å². The first-order valence-electron chi connectivity index (χ1n) is 4.24. The summed E-state index contributed by atoms with van der Waals surface area (Å²) in [5.74, 6) is -0.405. The molecule has 0 atom stereocenters. The van der Waals surface area contributed by atoms with Crippen molar-refractivity contribution in [1.29, 1.82) is 0 Å². The van der Waals surface area contributed by atoms with Crippen molar-refractivity contribution in [2.45, 2.75) is 13.5 Å². The molecule has 0 spiro atoms. The Balaban J connectivity index is 2.59. The Hall–Kier alpha value is -0.930. The summed E-state index contributed by atoms with van der Waals surface area (Å²) in [6.45, 7) is 2.03. The Morgan fingerprint density at radius 2 is 2.29 bits per heavy atom. The maximum atomic E-state index is 13.3. The largest absolute Gasteiger partial charge is 0.306 e. The minimum absolute atomic E-state index is 0.0208. The van der Waals surface area contributed by atoms with E-state index >= 15 is 0 Å². The maximum absolute atomic E-state index is 13.3. The average molecular weight is 216 g/mol. The van der Waals surface area contributed by atoms with E-state index in [4.69, 9.17) is 11.6 Å². The molecular weight excluding hydrogens is 205 g/mol. The number of rotatable bonds is 4. The van der Waals surface area contributed by atoms with Crippen LogP contribution in [0.1, 0.15) is 12.5 Å². The lowest BCUT2D eigenvalue weighted by Crippen LogP contribution is -2.20. The molecule has 0 saturated heterocycles. The first-order chi connectivity index (χ1) is 6.61. The van der Waals surface area contributed by atoms with Crippen molar-refractivity contribution in [2.75, 3.05) is 6.54 Å². The van der Waals surface area contributed by atoms with Gasteiger partial charge in [-0.1, -0.05) is 23.7 Å². The molecule has 1 rings (SSSR count). The Bertz CT molecular complexity index is 341. The number of ketones is 1. The van der Waals surface area contributed by atoms with E-state index in [1.54, 1.807) is 12.1 Å². The van der Waals surface area contributed by atoms with Crippen LogP contribution in [0.3, 0.4) is 0 Å². The predicted molar refractivity (Wildman–Crippen MR) is 53.8 cm³/mol. The number of carbonyl (C=O) groups is 1. The van der Waals surface area contributed by atoms with Gasteiger partial charge in [0.1, 0.15) is 11.6 Å². The lowest BCUT2D eigenvalue weighted by atomic mass is 10.2. The Morgan fingerprint density at radius 3 is 2.93 bits per heavy atom. The number of hydrogen-bond acceptors (Lipinski definition) is 2. The normalized spacial score (nSPS) is 10.2. The Labute approximate surface area is 87.1 Å². The summed E-state index contributed by atoms with van der Waals surface area (Å²) >= 11 is 5.59. The van der Waals surface area contributed by atoms with Gasteiger partial charge in [0.15, 0.2) is 0 Å². The van der Waals surface area contributed by atoms with E-state index in [2.05, 4.69) is 5.32 Å². The number of nitrogens with one attached hydrogen (secondary N) is 1. The number of benzene rings is 1. The third-order valence-electron chi connectivity index (χ3n) is 1.72. The van der Waals surface area contributed by atoms with Crippen molar-refractivity contribution >= 4 is 17.4 Å². The van der Waals surface area contributed by atoms with Crippen LogP contribution in [0, 0.1) is 5.82 Å². The summed E-state index contributed by atoms with van der Waals surface area (Å²) in [5.41, 5.74) is 0.471. The van der Waals surface area contributed by atoms with Crippen LogP contribution < -0.4 is 5.32 Å². The molecule has 0 fully saturated rings. The van der Waals surface area contributed by atoms with E-state index in [0.717, 1.165) is 0 Å². The highest BCUT2D eigenvalue weighted by Crippen LogP contribution is 2.17. The fourth-order valence-electron chi connectivity index (χ4n) is 1.06. The van der Waals surface area contributed by atoms with Crippen LogP contribution in [-0.2, 0) is 11.3 Å². The van der Waals surface area contributed by atoms with Gasteiger partial charge < -0.3 is 5.32 Å². The second-order valence-electron chi connectivity index (χ2n) is 3.02. The molecular formula is C10H11ClFNO. The zero-order valence-corrected chi connectivity index (χ0v) is 8.57. The number of Topliss-reactive ketones (excluding diaryl/α,β-unsaturated/α-hetero) is 1. The molecule has 4 heteroatoms. The molecule has 76 valence electrons. The molecule has 0 amide bonds. The zero-order chi connectivity index (χ0) is 10.6. The van der Waals surface area contributed by atoms with E-state index in [-0.39, 0.29) is 17.4 Å². The second-order valence-corrected chi connectivity index (χ2v) is 3.43. The fraction of sp³-hybridized carbons (Fsp3) is 0.300. The summed E-state index contributed by atoms with van der Waals surface area (Å²) in [4.78, 5) is 10.6. The van der Waals surface area contributed by atoms with Crippen LogP contribution in [0.15, 0.2) is 18.2 Å². The van der Waals surface area contributed by atoms with Gasteiger partial charge in [-0.3, -0.25) is 4.79 Å². The summed E-state index contributed by atoms with van der Waals surface area (Å²) < 4.78 is 13.3. The molecule has 1 N–H and O–H groups in total. The molecule has 0 aliphatic heterocycles. The predicted octanol–water partition coefficient (Wildman–Crippen LogP) is 2.16. The average Bonchev–Trinajstić information content (AvgIpc) is 2.12. The van der Waals surface area contributed by atoms with Crippen molar-refractivity contribution in [3.8, 4) is 0 Å². The smallest absolute Gasteiger partial charge is 0.146 e. The summed E-state index contributed by atoms with van der Waals surface area (Å²) in [6, 6.07) is 4.80. The van der Waals surface area contributed by atoms with Gasteiger partial charge in [0, 0.05) is 12.1 Å². The quantitative estimate of drug-likeness (QED) is 0.834. The first kappa shape index (κ1) is 11.1. The lowest BCUT2D eigenvalue weighted by Gasteiger charge is -2.04. The van der Waals surface area contributed by atoms with Gasteiger partial charge in [0.25, 0.3) is 0 Å².